The third kappa shape index (κ3) is 3.87. The first-order valence-corrected chi connectivity index (χ1v) is 6.74. The molecule has 4 heteroatoms. The van der Waals surface area contributed by atoms with Gasteiger partial charge >= 0.3 is 0 Å². The molecule has 2 aromatic carbocycles. The fourth-order valence-corrected chi connectivity index (χ4v) is 2.07. The summed E-state index contributed by atoms with van der Waals surface area (Å²) in [5.41, 5.74) is 7.74. The zero-order valence-corrected chi connectivity index (χ0v) is 12.1. The molecule has 2 nitrogen and oxygen atoms in total. The summed E-state index contributed by atoms with van der Waals surface area (Å²) in [6.07, 6.45) is 0. The lowest BCUT2D eigenvalue weighted by Gasteiger charge is -2.11. The Balaban J connectivity index is 2.10. The Morgan fingerprint density at radius 2 is 1.95 bits per heavy atom. The standard InChI is InChI=1S/C15H15Cl2NO/c1-10(18)11-3-2-4-14(8-11)19-9-12-7-13(16)5-6-15(12)17/h2-8,10H,9,18H2,1H3. The van der Waals surface area contributed by atoms with Gasteiger partial charge in [-0.2, -0.15) is 0 Å². The fourth-order valence-electron chi connectivity index (χ4n) is 1.70. The zero-order valence-electron chi connectivity index (χ0n) is 10.6. The maximum atomic E-state index is 6.09. The predicted octanol–water partition coefficient (Wildman–Crippen LogP) is 4.59. The van der Waals surface area contributed by atoms with Crippen LogP contribution in [0.3, 0.4) is 0 Å². The second-order valence-corrected chi connectivity index (χ2v) is 5.23. The van der Waals surface area contributed by atoms with Gasteiger partial charge in [-0.3, -0.25) is 0 Å². The minimum atomic E-state index is -0.0155. The van der Waals surface area contributed by atoms with Crippen LogP contribution in [-0.2, 0) is 6.61 Å². The lowest BCUT2D eigenvalue weighted by Crippen LogP contribution is -2.05. The monoisotopic (exact) mass is 295 g/mol. The Kier molecular flexibility index (Phi) is 4.70. The van der Waals surface area contributed by atoms with E-state index in [1.54, 1.807) is 18.2 Å². The van der Waals surface area contributed by atoms with E-state index in [-0.39, 0.29) is 6.04 Å². The van der Waals surface area contributed by atoms with E-state index in [2.05, 4.69) is 0 Å². The Morgan fingerprint density at radius 1 is 1.16 bits per heavy atom. The summed E-state index contributed by atoms with van der Waals surface area (Å²) in [4.78, 5) is 0. The molecule has 0 radical (unpaired) electrons. The highest BCUT2D eigenvalue weighted by Gasteiger charge is 2.04. The highest BCUT2D eigenvalue weighted by Crippen LogP contribution is 2.23. The first-order chi connectivity index (χ1) is 9.06. The van der Waals surface area contributed by atoms with Gasteiger partial charge in [0.25, 0.3) is 0 Å². The summed E-state index contributed by atoms with van der Waals surface area (Å²) >= 11 is 12.0. The van der Waals surface area contributed by atoms with Crippen molar-refractivity contribution in [1.82, 2.24) is 0 Å². The van der Waals surface area contributed by atoms with Crippen LogP contribution in [0.25, 0.3) is 0 Å². The van der Waals surface area contributed by atoms with Gasteiger partial charge in [0.05, 0.1) is 0 Å². The Labute approximate surface area is 123 Å². The van der Waals surface area contributed by atoms with Gasteiger partial charge < -0.3 is 10.5 Å². The van der Waals surface area contributed by atoms with Crippen molar-refractivity contribution in [1.29, 1.82) is 0 Å². The highest BCUT2D eigenvalue weighted by atomic mass is 35.5. The summed E-state index contributed by atoms with van der Waals surface area (Å²) in [5, 5.41) is 1.29. The van der Waals surface area contributed by atoms with Gasteiger partial charge in [-0.15, -0.1) is 0 Å². The number of benzene rings is 2. The largest absolute Gasteiger partial charge is 0.489 e. The van der Waals surface area contributed by atoms with Crippen LogP contribution in [-0.4, -0.2) is 0 Å². The van der Waals surface area contributed by atoms with Gasteiger partial charge in [-0.1, -0.05) is 35.3 Å². The second kappa shape index (κ2) is 6.29. The normalized spacial score (nSPS) is 12.2. The van der Waals surface area contributed by atoms with Gasteiger partial charge in [0.15, 0.2) is 0 Å². The number of halogens is 2. The summed E-state index contributed by atoms with van der Waals surface area (Å²) in [6.45, 7) is 2.31. The molecule has 19 heavy (non-hydrogen) atoms. The average Bonchev–Trinajstić information content (AvgIpc) is 2.40. The van der Waals surface area contributed by atoms with E-state index in [0.717, 1.165) is 16.9 Å². The predicted molar refractivity (Wildman–Crippen MR) is 79.8 cm³/mol. The minimum absolute atomic E-state index is 0.0155. The molecule has 0 amide bonds. The maximum Gasteiger partial charge on any atom is 0.120 e. The molecule has 1 unspecified atom stereocenters. The van der Waals surface area contributed by atoms with Crippen molar-refractivity contribution in [3.63, 3.8) is 0 Å². The third-order valence-electron chi connectivity index (χ3n) is 2.79. The molecule has 100 valence electrons. The number of hydrogen-bond acceptors (Lipinski definition) is 2. The van der Waals surface area contributed by atoms with E-state index >= 15 is 0 Å². The number of ether oxygens (including phenoxy) is 1. The van der Waals surface area contributed by atoms with Crippen molar-refractivity contribution in [2.75, 3.05) is 0 Å². The van der Waals surface area contributed by atoms with Gasteiger partial charge in [-0.05, 0) is 42.8 Å². The lowest BCUT2D eigenvalue weighted by atomic mass is 10.1. The summed E-state index contributed by atoms with van der Waals surface area (Å²) in [6, 6.07) is 13.0. The summed E-state index contributed by atoms with van der Waals surface area (Å²) in [5.74, 6) is 0.769. The average molecular weight is 296 g/mol. The van der Waals surface area contributed by atoms with Gasteiger partial charge in [0.1, 0.15) is 12.4 Å². The first kappa shape index (κ1) is 14.2. The molecule has 2 rings (SSSR count). The van der Waals surface area contributed by atoms with Crippen LogP contribution in [0.15, 0.2) is 42.5 Å². The van der Waals surface area contributed by atoms with Crippen LogP contribution in [0.2, 0.25) is 10.0 Å². The van der Waals surface area contributed by atoms with Gasteiger partial charge in [0.2, 0.25) is 0 Å². The Morgan fingerprint density at radius 3 is 2.68 bits per heavy atom. The van der Waals surface area contributed by atoms with Crippen molar-refractivity contribution >= 4 is 23.2 Å². The molecule has 2 aromatic rings. The van der Waals surface area contributed by atoms with Crippen LogP contribution < -0.4 is 10.5 Å². The summed E-state index contributed by atoms with van der Waals surface area (Å²) in [7, 11) is 0. The zero-order chi connectivity index (χ0) is 13.8. The SMILES string of the molecule is CC(N)c1cccc(OCc2cc(Cl)ccc2Cl)c1. The van der Waals surface area contributed by atoms with Gasteiger partial charge in [-0.25, -0.2) is 0 Å². The molecular weight excluding hydrogens is 281 g/mol. The van der Waals surface area contributed by atoms with E-state index < -0.39 is 0 Å². The van der Waals surface area contributed by atoms with Crippen molar-refractivity contribution in [3.05, 3.63) is 63.6 Å². The van der Waals surface area contributed by atoms with Crippen molar-refractivity contribution in [2.45, 2.75) is 19.6 Å². The van der Waals surface area contributed by atoms with Crippen LogP contribution in [0.1, 0.15) is 24.1 Å². The first-order valence-electron chi connectivity index (χ1n) is 5.98. The summed E-state index contributed by atoms with van der Waals surface area (Å²) < 4.78 is 5.72. The van der Waals surface area contributed by atoms with E-state index in [9.17, 15) is 0 Å². The van der Waals surface area contributed by atoms with Crippen molar-refractivity contribution in [2.24, 2.45) is 5.73 Å². The molecular formula is C15H15Cl2NO. The van der Waals surface area contributed by atoms with Crippen LogP contribution >= 0.6 is 23.2 Å². The van der Waals surface area contributed by atoms with E-state index in [0.29, 0.717) is 16.7 Å². The topological polar surface area (TPSA) is 35.2 Å². The molecule has 0 aromatic heterocycles. The molecule has 1 atom stereocenters. The quantitative estimate of drug-likeness (QED) is 0.895. The fraction of sp³-hybridized carbons (Fsp3) is 0.200. The molecule has 0 aliphatic rings. The number of hydrogen-bond donors (Lipinski definition) is 1. The number of nitrogens with two attached hydrogens (primary N) is 1. The molecule has 0 saturated carbocycles. The molecule has 0 bridgehead atoms. The smallest absolute Gasteiger partial charge is 0.120 e. The van der Waals surface area contributed by atoms with Crippen LogP contribution in [0.4, 0.5) is 0 Å². The molecule has 0 spiro atoms. The minimum Gasteiger partial charge on any atom is -0.489 e. The Hall–Kier alpha value is -1.22. The van der Waals surface area contributed by atoms with Gasteiger partial charge in [0, 0.05) is 21.7 Å². The number of rotatable bonds is 4. The molecule has 0 saturated heterocycles. The molecule has 2 N–H and O–H groups in total. The van der Waals surface area contributed by atoms with Crippen LogP contribution in [0.5, 0.6) is 5.75 Å². The maximum absolute atomic E-state index is 6.09. The van der Waals surface area contributed by atoms with Crippen molar-refractivity contribution in [3.8, 4) is 5.75 Å². The molecule has 0 heterocycles. The highest BCUT2D eigenvalue weighted by molar-refractivity contribution is 6.33. The Bertz CT molecular complexity index is 570. The molecule has 0 aliphatic heterocycles. The van der Waals surface area contributed by atoms with Crippen molar-refractivity contribution < 1.29 is 4.74 Å². The molecule has 0 aliphatic carbocycles. The second-order valence-electron chi connectivity index (χ2n) is 4.39. The third-order valence-corrected chi connectivity index (χ3v) is 3.39. The lowest BCUT2D eigenvalue weighted by molar-refractivity contribution is 0.306. The van der Waals surface area contributed by atoms with Crippen LogP contribution in [0, 0.1) is 0 Å². The van der Waals surface area contributed by atoms with E-state index in [1.165, 1.54) is 0 Å². The van der Waals surface area contributed by atoms with E-state index in [1.807, 2.05) is 31.2 Å². The molecule has 0 fully saturated rings. The van der Waals surface area contributed by atoms with E-state index in [4.69, 9.17) is 33.7 Å².